The van der Waals surface area contributed by atoms with Crippen molar-refractivity contribution in [2.24, 2.45) is 0 Å². The van der Waals surface area contributed by atoms with Crippen molar-refractivity contribution in [3.8, 4) is 16.9 Å². The Bertz CT molecular complexity index is 900. The number of fused-ring (bicyclic) bond motifs is 1. The lowest BCUT2D eigenvalue weighted by Gasteiger charge is -2.19. The number of methoxy groups -OCH3 is 1. The van der Waals surface area contributed by atoms with Crippen LogP contribution in [-0.4, -0.2) is 35.3 Å². The van der Waals surface area contributed by atoms with Gasteiger partial charge >= 0.3 is 0 Å². The van der Waals surface area contributed by atoms with Gasteiger partial charge < -0.3 is 20.1 Å². The average Bonchev–Trinajstić information content (AvgIpc) is 3.21. The van der Waals surface area contributed by atoms with Gasteiger partial charge in [-0.25, -0.2) is 9.37 Å². The number of pyridine rings is 1. The van der Waals surface area contributed by atoms with Crippen LogP contribution in [-0.2, 0) is 5.60 Å². The minimum atomic E-state index is -0.927. The molecule has 1 aliphatic heterocycles. The molecule has 4 rings (SSSR count). The molecule has 24 heavy (non-hydrogen) atoms. The van der Waals surface area contributed by atoms with Gasteiger partial charge in [0.25, 0.3) is 0 Å². The SMILES string of the molecule is COc1ccc(F)cc1-c1ccnc2[nH]c([C@@]3(O)CCNC3)cc12. The number of nitrogens with one attached hydrogen (secondary N) is 2. The predicted molar refractivity (Wildman–Crippen MR) is 89.4 cm³/mol. The number of H-pyrrole nitrogens is 1. The minimum Gasteiger partial charge on any atom is -0.496 e. The van der Waals surface area contributed by atoms with Crippen molar-refractivity contribution in [2.75, 3.05) is 20.2 Å². The van der Waals surface area contributed by atoms with E-state index >= 15 is 0 Å². The van der Waals surface area contributed by atoms with Gasteiger partial charge in [0.15, 0.2) is 0 Å². The van der Waals surface area contributed by atoms with Crippen molar-refractivity contribution in [3.63, 3.8) is 0 Å². The van der Waals surface area contributed by atoms with Crippen LogP contribution in [0.3, 0.4) is 0 Å². The molecule has 3 heterocycles. The van der Waals surface area contributed by atoms with E-state index in [2.05, 4.69) is 15.3 Å². The van der Waals surface area contributed by atoms with Crippen LogP contribution in [0.15, 0.2) is 36.5 Å². The molecule has 0 spiro atoms. The summed E-state index contributed by atoms with van der Waals surface area (Å²) in [6.07, 6.45) is 2.30. The molecule has 0 aliphatic carbocycles. The maximum atomic E-state index is 13.8. The second kappa shape index (κ2) is 5.58. The fraction of sp³-hybridized carbons (Fsp3) is 0.278. The van der Waals surface area contributed by atoms with Crippen molar-refractivity contribution in [3.05, 3.63) is 48.0 Å². The number of halogens is 1. The van der Waals surface area contributed by atoms with Crippen LogP contribution in [0.5, 0.6) is 5.75 Å². The average molecular weight is 327 g/mol. The van der Waals surface area contributed by atoms with Crippen LogP contribution >= 0.6 is 0 Å². The van der Waals surface area contributed by atoms with Crippen LogP contribution in [0.4, 0.5) is 4.39 Å². The van der Waals surface area contributed by atoms with Gasteiger partial charge in [-0.1, -0.05) is 0 Å². The number of aromatic nitrogens is 2. The molecule has 3 aromatic rings. The number of hydrogen-bond acceptors (Lipinski definition) is 4. The van der Waals surface area contributed by atoms with Crippen LogP contribution in [0.1, 0.15) is 12.1 Å². The monoisotopic (exact) mass is 327 g/mol. The Morgan fingerprint density at radius 1 is 1.25 bits per heavy atom. The summed E-state index contributed by atoms with van der Waals surface area (Å²) in [5.74, 6) is 0.262. The van der Waals surface area contributed by atoms with Crippen LogP contribution in [0.25, 0.3) is 22.2 Å². The van der Waals surface area contributed by atoms with Gasteiger partial charge in [0, 0.05) is 23.7 Å². The molecule has 6 heteroatoms. The molecule has 124 valence electrons. The third-order valence-electron chi connectivity index (χ3n) is 4.62. The number of ether oxygens (including phenoxy) is 1. The van der Waals surface area contributed by atoms with E-state index in [0.29, 0.717) is 29.9 Å². The minimum absolute atomic E-state index is 0.329. The molecule has 0 amide bonds. The molecule has 1 saturated heterocycles. The van der Waals surface area contributed by atoms with E-state index in [9.17, 15) is 9.50 Å². The lowest BCUT2D eigenvalue weighted by Crippen LogP contribution is -2.28. The molecule has 0 unspecified atom stereocenters. The highest BCUT2D eigenvalue weighted by molar-refractivity contribution is 5.95. The molecular weight excluding hydrogens is 309 g/mol. The van der Waals surface area contributed by atoms with Gasteiger partial charge in [-0.3, -0.25) is 0 Å². The Kier molecular flexibility index (Phi) is 3.51. The van der Waals surface area contributed by atoms with Gasteiger partial charge in [-0.2, -0.15) is 0 Å². The molecule has 1 aromatic carbocycles. The maximum absolute atomic E-state index is 13.8. The second-order valence-corrected chi connectivity index (χ2v) is 6.11. The zero-order valence-corrected chi connectivity index (χ0v) is 13.3. The highest BCUT2D eigenvalue weighted by Crippen LogP contribution is 2.37. The largest absolute Gasteiger partial charge is 0.496 e. The normalized spacial score (nSPS) is 20.6. The first-order valence-corrected chi connectivity index (χ1v) is 7.86. The number of benzene rings is 1. The topological polar surface area (TPSA) is 70.2 Å². The van der Waals surface area contributed by atoms with E-state index in [1.165, 1.54) is 12.1 Å². The van der Waals surface area contributed by atoms with E-state index in [-0.39, 0.29) is 5.82 Å². The smallest absolute Gasteiger partial charge is 0.138 e. The Labute approximate surface area is 138 Å². The van der Waals surface area contributed by atoms with Crippen LogP contribution in [0.2, 0.25) is 0 Å². The lowest BCUT2D eigenvalue weighted by atomic mass is 9.97. The van der Waals surface area contributed by atoms with Crippen molar-refractivity contribution in [1.29, 1.82) is 0 Å². The first-order chi connectivity index (χ1) is 11.6. The standard InChI is InChI=1S/C18H18FN3O2/c1-24-15-3-2-11(19)8-13(15)12-4-6-21-17-14(12)9-16(22-17)18(23)5-7-20-10-18/h2-4,6,8-9,20,23H,5,7,10H2,1H3,(H,21,22)/t18-/m1/s1. The molecule has 1 fully saturated rings. The lowest BCUT2D eigenvalue weighted by molar-refractivity contribution is 0.0549. The quantitative estimate of drug-likeness (QED) is 0.691. The summed E-state index contributed by atoms with van der Waals surface area (Å²) in [4.78, 5) is 7.55. The Balaban J connectivity index is 1.91. The van der Waals surface area contributed by atoms with E-state index < -0.39 is 5.60 Å². The molecule has 0 bridgehead atoms. The molecule has 0 saturated carbocycles. The number of aliphatic hydroxyl groups is 1. The van der Waals surface area contributed by atoms with Gasteiger partial charge in [-0.15, -0.1) is 0 Å². The van der Waals surface area contributed by atoms with Gasteiger partial charge in [0.05, 0.1) is 12.8 Å². The summed E-state index contributed by atoms with van der Waals surface area (Å²) in [5, 5.41) is 14.8. The van der Waals surface area contributed by atoms with Crippen molar-refractivity contribution in [1.82, 2.24) is 15.3 Å². The fourth-order valence-electron chi connectivity index (χ4n) is 3.31. The molecule has 0 radical (unpaired) electrons. The predicted octanol–water partition coefficient (Wildman–Crippen LogP) is 2.56. The summed E-state index contributed by atoms with van der Waals surface area (Å²) >= 11 is 0. The van der Waals surface area contributed by atoms with Crippen LogP contribution in [0, 0.1) is 5.82 Å². The van der Waals surface area contributed by atoms with Crippen LogP contribution < -0.4 is 10.1 Å². The van der Waals surface area contributed by atoms with Gasteiger partial charge in [0.1, 0.15) is 22.8 Å². The number of rotatable bonds is 3. The first kappa shape index (κ1) is 15.1. The Morgan fingerprint density at radius 2 is 2.12 bits per heavy atom. The number of β-amino-alcohol motifs (C(OH)–C–C–N with tert-alkyl or cyclic N) is 1. The second-order valence-electron chi connectivity index (χ2n) is 6.11. The van der Waals surface area contributed by atoms with Gasteiger partial charge in [-0.05, 0) is 48.9 Å². The maximum Gasteiger partial charge on any atom is 0.138 e. The summed E-state index contributed by atoms with van der Waals surface area (Å²) in [6.45, 7) is 1.27. The highest BCUT2D eigenvalue weighted by atomic mass is 19.1. The van der Waals surface area contributed by atoms with Crippen molar-refractivity contribution in [2.45, 2.75) is 12.0 Å². The summed E-state index contributed by atoms with van der Waals surface area (Å²) < 4.78 is 19.1. The highest BCUT2D eigenvalue weighted by Gasteiger charge is 2.34. The van der Waals surface area contributed by atoms with Gasteiger partial charge in [0.2, 0.25) is 0 Å². The van der Waals surface area contributed by atoms with E-state index in [1.807, 2.05) is 12.1 Å². The molecule has 3 N–H and O–H groups in total. The Hall–Kier alpha value is -2.44. The summed E-state index contributed by atoms with van der Waals surface area (Å²) in [5.41, 5.74) is 1.93. The molecule has 1 atom stereocenters. The third kappa shape index (κ3) is 2.35. The first-order valence-electron chi connectivity index (χ1n) is 7.86. The van der Waals surface area contributed by atoms with E-state index in [4.69, 9.17) is 4.74 Å². The fourth-order valence-corrected chi connectivity index (χ4v) is 3.31. The Morgan fingerprint density at radius 3 is 2.88 bits per heavy atom. The molecule has 1 aliphatic rings. The molecule has 2 aromatic heterocycles. The van der Waals surface area contributed by atoms with Crippen molar-refractivity contribution < 1.29 is 14.2 Å². The molecular formula is C18H18FN3O2. The van der Waals surface area contributed by atoms with Crippen molar-refractivity contribution >= 4 is 11.0 Å². The number of nitrogens with zero attached hydrogens (tertiary/aromatic N) is 1. The zero-order valence-electron chi connectivity index (χ0n) is 13.3. The third-order valence-corrected chi connectivity index (χ3v) is 4.62. The van der Waals surface area contributed by atoms with E-state index in [0.717, 1.165) is 23.2 Å². The summed E-state index contributed by atoms with van der Waals surface area (Å²) in [6, 6.07) is 8.16. The zero-order chi connectivity index (χ0) is 16.7. The molecule has 5 nitrogen and oxygen atoms in total. The van der Waals surface area contributed by atoms with E-state index in [1.54, 1.807) is 19.4 Å². The summed E-state index contributed by atoms with van der Waals surface area (Å²) in [7, 11) is 1.56. The number of hydrogen-bond donors (Lipinski definition) is 3. The number of aromatic amines is 1.